The maximum absolute atomic E-state index is 13.3. The summed E-state index contributed by atoms with van der Waals surface area (Å²) in [5.41, 5.74) is 3.90. The van der Waals surface area contributed by atoms with Crippen molar-refractivity contribution in [3.8, 4) is 28.7 Å². The van der Waals surface area contributed by atoms with E-state index < -0.39 is 5.97 Å². The van der Waals surface area contributed by atoms with Gasteiger partial charge in [-0.2, -0.15) is 0 Å². The van der Waals surface area contributed by atoms with Crippen molar-refractivity contribution in [3.63, 3.8) is 0 Å². The molecule has 0 spiro atoms. The standard InChI is InChI=1S/C27H27N3O6/c1-15-9-10-20-18(11-15)24(17-7-5-6-8-19(17)28-20)27(31)35-14-23-29-30-26(36-23)16-12-21(32-2)25(34-4)22(13-16)33-3/h5-8,12-13,15H,9-11,14H2,1-4H3/t15-/m0/s1. The minimum absolute atomic E-state index is 0.156. The van der Waals surface area contributed by atoms with Crippen LogP contribution in [0.2, 0.25) is 0 Å². The molecule has 0 fully saturated rings. The Hall–Kier alpha value is -4.14. The first-order valence-electron chi connectivity index (χ1n) is 11.7. The van der Waals surface area contributed by atoms with Crippen LogP contribution in [0.5, 0.6) is 17.2 Å². The van der Waals surface area contributed by atoms with Gasteiger partial charge >= 0.3 is 5.97 Å². The molecule has 186 valence electrons. The SMILES string of the molecule is COc1cc(-c2nnc(COC(=O)c3c4c(nc5ccccc35)CC[C@H](C)C4)o2)cc(OC)c1OC. The number of fused-ring (bicyclic) bond motifs is 2. The van der Waals surface area contributed by atoms with Crippen molar-refractivity contribution in [2.24, 2.45) is 5.92 Å². The van der Waals surface area contributed by atoms with E-state index in [0.717, 1.165) is 41.4 Å². The van der Waals surface area contributed by atoms with E-state index in [1.807, 2.05) is 24.3 Å². The summed E-state index contributed by atoms with van der Waals surface area (Å²) in [7, 11) is 4.59. The second kappa shape index (κ2) is 9.85. The van der Waals surface area contributed by atoms with Gasteiger partial charge in [0.05, 0.1) is 32.4 Å². The van der Waals surface area contributed by atoms with Gasteiger partial charge in [-0.3, -0.25) is 4.98 Å². The lowest BCUT2D eigenvalue weighted by Crippen LogP contribution is -2.19. The third-order valence-corrected chi connectivity index (χ3v) is 6.41. The van der Waals surface area contributed by atoms with Gasteiger partial charge in [-0.05, 0) is 48.9 Å². The van der Waals surface area contributed by atoms with Crippen LogP contribution in [0.1, 0.15) is 40.9 Å². The summed E-state index contributed by atoms with van der Waals surface area (Å²) in [6.45, 7) is 2.04. The lowest BCUT2D eigenvalue weighted by atomic mass is 9.84. The van der Waals surface area contributed by atoms with Crippen LogP contribution in [0.15, 0.2) is 40.8 Å². The average molecular weight is 490 g/mol. The number of methoxy groups -OCH3 is 3. The quantitative estimate of drug-likeness (QED) is 0.339. The Bertz CT molecular complexity index is 1410. The summed E-state index contributed by atoms with van der Waals surface area (Å²) in [6.07, 6.45) is 2.70. The van der Waals surface area contributed by atoms with Gasteiger partial charge in [0.2, 0.25) is 11.6 Å². The largest absolute Gasteiger partial charge is 0.493 e. The first kappa shape index (κ1) is 23.6. The lowest BCUT2D eigenvalue weighted by Gasteiger charge is -2.24. The Morgan fingerprint density at radius 1 is 1.06 bits per heavy atom. The molecule has 2 aromatic carbocycles. The smallest absolute Gasteiger partial charge is 0.339 e. The van der Waals surface area contributed by atoms with Crippen LogP contribution in [-0.4, -0.2) is 42.5 Å². The second-order valence-corrected chi connectivity index (χ2v) is 8.77. The summed E-state index contributed by atoms with van der Waals surface area (Å²) in [4.78, 5) is 18.1. The summed E-state index contributed by atoms with van der Waals surface area (Å²) in [5.74, 6) is 1.84. The van der Waals surface area contributed by atoms with Gasteiger partial charge in [-0.25, -0.2) is 4.79 Å². The zero-order valence-corrected chi connectivity index (χ0v) is 20.7. The molecule has 0 N–H and O–H groups in total. The van der Waals surface area contributed by atoms with Gasteiger partial charge in [0.15, 0.2) is 18.1 Å². The Morgan fingerprint density at radius 3 is 2.53 bits per heavy atom. The molecule has 1 aliphatic carbocycles. The average Bonchev–Trinajstić information content (AvgIpc) is 3.38. The minimum Gasteiger partial charge on any atom is -0.493 e. The number of aromatic nitrogens is 3. The molecular weight excluding hydrogens is 462 g/mol. The molecule has 0 aliphatic heterocycles. The van der Waals surface area contributed by atoms with Crippen molar-refractivity contribution < 1.29 is 28.2 Å². The number of carbonyl (C=O) groups is 1. The number of benzene rings is 2. The van der Waals surface area contributed by atoms with E-state index in [4.69, 9.17) is 28.3 Å². The maximum Gasteiger partial charge on any atom is 0.339 e. The molecule has 36 heavy (non-hydrogen) atoms. The van der Waals surface area contributed by atoms with Crippen molar-refractivity contribution in [1.82, 2.24) is 15.2 Å². The summed E-state index contributed by atoms with van der Waals surface area (Å²) >= 11 is 0. The zero-order valence-electron chi connectivity index (χ0n) is 20.7. The van der Waals surface area contributed by atoms with Gasteiger partial charge in [0.25, 0.3) is 5.89 Å². The molecule has 0 saturated heterocycles. The molecule has 0 unspecified atom stereocenters. The third-order valence-electron chi connectivity index (χ3n) is 6.41. The fourth-order valence-electron chi connectivity index (χ4n) is 4.63. The number of para-hydroxylation sites is 1. The van der Waals surface area contributed by atoms with E-state index in [0.29, 0.717) is 34.3 Å². The topological polar surface area (TPSA) is 106 Å². The summed E-state index contributed by atoms with van der Waals surface area (Å²) < 4.78 is 27.6. The maximum atomic E-state index is 13.3. The van der Waals surface area contributed by atoms with Crippen molar-refractivity contribution in [2.45, 2.75) is 32.8 Å². The van der Waals surface area contributed by atoms with Crippen molar-refractivity contribution in [1.29, 1.82) is 0 Å². The summed E-state index contributed by atoms with van der Waals surface area (Å²) in [6, 6.07) is 11.1. The fourth-order valence-corrected chi connectivity index (χ4v) is 4.63. The third kappa shape index (κ3) is 4.32. The highest BCUT2D eigenvalue weighted by Gasteiger charge is 2.26. The molecule has 1 atom stereocenters. The Labute approximate surface area is 208 Å². The minimum atomic E-state index is -0.425. The first-order valence-corrected chi connectivity index (χ1v) is 11.7. The van der Waals surface area contributed by atoms with E-state index in [2.05, 4.69) is 17.1 Å². The van der Waals surface area contributed by atoms with E-state index in [-0.39, 0.29) is 18.4 Å². The predicted molar refractivity (Wildman–Crippen MR) is 131 cm³/mol. The number of esters is 1. The van der Waals surface area contributed by atoms with Gasteiger partial charge in [0.1, 0.15) is 0 Å². The normalized spacial score (nSPS) is 14.8. The molecule has 2 aromatic heterocycles. The van der Waals surface area contributed by atoms with Crippen molar-refractivity contribution in [3.05, 3.63) is 59.1 Å². The molecule has 0 amide bonds. The molecule has 0 saturated carbocycles. The fraction of sp³-hybridized carbons (Fsp3) is 0.333. The lowest BCUT2D eigenvalue weighted by molar-refractivity contribution is 0.0439. The number of nitrogens with zero attached hydrogens (tertiary/aromatic N) is 3. The van der Waals surface area contributed by atoms with Crippen LogP contribution in [0.3, 0.4) is 0 Å². The van der Waals surface area contributed by atoms with E-state index in [1.54, 1.807) is 12.1 Å². The van der Waals surface area contributed by atoms with Crippen molar-refractivity contribution >= 4 is 16.9 Å². The van der Waals surface area contributed by atoms with Gasteiger partial charge < -0.3 is 23.4 Å². The van der Waals surface area contributed by atoms with Crippen molar-refractivity contribution in [2.75, 3.05) is 21.3 Å². The molecule has 9 nitrogen and oxygen atoms in total. The van der Waals surface area contributed by atoms with Crippen LogP contribution in [0.25, 0.3) is 22.4 Å². The van der Waals surface area contributed by atoms with Gasteiger partial charge in [-0.15, -0.1) is 10.2 Å². The monoisotopic (exact) mass is 489 g/mol. The number of hydrogen-bond donors (Lipinski definition) is 0. The van der Waals surface area contributed by atoms with E-state index in [1.165, 1.54) is 21.3 Å². The molecule has 9 heteroatoms. The highest BCUT2D eigenvalue weighted by atomic mass is 16.5. The molecular formula is C27H27N3O6. The Morgan fingerprint density at radius 2 is 1.81 bits per heavy atom. The van der Waals surface area contributed by atoms with Gasteiger partial charge in [0, 0.05) is 16.6 Å². The Balaban J connectivity index is 1.40. The van der Waals surface area contributed by atoms with Crippen LogP contribution < -0.4 is 14.2 Å². The molecule has 4 aromatic rings. The number of carbonyl (C=O) groups excluding carboxylic acids is 1. The van der Waals surface area contributed by atoms with Crippen LogP contribution in [0, 0.1) is 5.92 Å². The summed E-state index contributed by atoms with van der Waals surface area (Å²) in [5, 5.41) is 8.95. The van der Waals surface area contributed by atoms with Crippen LogP contribution in [-0.2, 0) is 24.2 Å². The highest BCUT2D eigenvalue weighted by Crippen LogP contribution is 2.41. The van der Waals surface area contributed by atoms with E-state index >= 15 is 0 Å². The van der Waals surface area contributed by atoms with Gasteiger partial charge in [-0.1, -0.05) is 25.1 Å². The number of aryl methyl sites for hydroxylation is 1. The highest BCUT2D eigenvalue weighted by molar-refractivity contribution is 6.05. The Kier molecular flexibility index (Phi) is 6.45. The zero-order chi connectivity index (χ0) is 25.2. The molecule has 1 aliphatic rings. The number of pyridine rings is 1. The molecule has 2 heterocycles. The first-order chi connectivity index (χ1) is 17.5. The molecule has 5 rings (SSSR count). The number of rotatable bonds is 7. The number of hydrogen-bond acceptors (Lipinski definition) is 9. The van der Waals surface area contributed by atoms with Crippen LogP contribution in [0.4, 0.5) is 0 Å². The predicted octanol–water partition coefficient (Wildman–Crippen LogP) is 4.79. The second-order valence-electron chi connectivity index (χ2n) is 8.77. The molecule has 0 bridgehead atoms. The number of ether oxygens (including phenoxy) is 4. The van der Waals surface area contributed by atoms with E-state index in [9.17, 15) is 4.79 Å². The molecule has 0 radical (unpaired) electrons. The van der Waals surface area contributed by atoms with Crippen LogP contribution >= 0.6 is 0 Å².